The molecular weight excluding hydrogens is 365 g/mol. The highest BCUT2D eigenvalue weighted by molar-refractivity contribution is 5.92. The summed E-state index contributed by atoms with van der Waals surface area (Å²) in [6, 6.07) is 1.37. The second kappa shape index (κ2) is 6.72. The molecule has 1 aromatic heterocycles. The molecule has 4 heterocycles. The van der Waals surface area contributed by atoms with Crippen molar-refractivity contribution in [2.45, 2.75) is 19.3 Å². The first-order chi connectivity index (χ1) is 13.5. The zero-order valence-electron chi connectivity index (χ0n) is 16.1. The van der Waals surface area contributed by atoms with Crippen LogP contribution in [0.4, 0.5) is 10.1 Å². The molecule has 0 N–H and O–H groups in total. The first-order valence-corrected chi connectivity index (χ1v) is 9.75. The topological polar surface area (TPSA) is 56.2 Å². The monoisotopic (exact) mass is 389 g/mol. The highest BCUT2D eigenvalue weighted by Crippen LogP contribution is 2.42. The Bertz CT molecular complexity index is 978. The minimum absolute atomic E-state index is 0.0153. The molecule has 0 spiro atoms. The van der Waals surface area contributed by atoms with Gasteiger partial charge in [0.15, 0.2) is 23.3 Å². The van der Waals surface area contributed by atoms with Crippen molar-refractivity contribution in [3.63, 3.8) is 0 Å². The number of hydrogen-bond donors (Lipinski definition) is 0. The first-order valence-electron chi connectivity index (χ1n) is 9.75. The lowest BCUT2D eigenvalue weighted by Crippen LogP contribution is -2.45. The zero-order valence-corrected chi connectivity index (χ0v) is 16.1. The Kier molecular flexibility index (Phi) is 4.30. The van der Waals surface area contributed by atoms with Crippen molar-refractivity contribution in [2.75, 3.05) is 57.9 Å². The van der Waals surface area contributed by atoms with Gasteiger partial charge in [0, 0.05) is 32.4 Å². The Hall–Kier alpha value is -2.16. The van der Waals surface area contributed by atoms with Gasteiger partial charge in [0.2, 0.25) is 0 Å². The predicted molar refractivity (Wildman–Crippen MR) is 103 cm³/mol. The summed E-state index contributed by atoms with van der Waals surface area (Å²) in [6.45, 7) is 6.48. The second-order valence-electron chi connectivity index (χ2n) is 7.78. The molecule has 0 aliphatic carbocycles. The lowest BCUT2D eigenvalue weighted by atomic mass is 10.0. The van der Waals surface area contributed by atoms with Crippen molar-refractivity contribution < 1.29 is 18.6 Å². The number of likely N-dealkylation sites (N-methyl/N-ethyl adjacent to an activating group) is 1. The number of halogens is 1. The molecule has 3 aliphatic rings. The van der Waals surface area contributed by atoms with E-state index in [9.17, 15) is 4.79 Å². The van der Waals surface area contributed by atoms with Crippen LogP contribution in [0.3, 0.4) is 0 Å². The van der Waals surface area contributed by atoms with Crippen molar-refractivity contribution in [3.05, 3.63) is 33.9 Å². The summed E-state index contributed by atoms with van der Waals surface area (Å²) in [5.74, 6) is 0.0465. The van der Waals surface area contributed by atoms with Gasteiger partial charge in [-0.15, -0.1) is 0 Å². The minimum atomic E-state index is -0.695. The maximum Gasteiger partial charge on any atom is 0.197 e. The van der Waals surface area contributed by atoms with Gasteiger partial charge in [-0.25, -0.2) is 4.39 Å². The average molecular weight is 389 g/mol. The molecule has 5 rings (SSSR count). The molecular formula is C20H24FN3O4. The zero-order chi connectivity index (χ0) is 19.4. The Labute approximate surface area is 162 Å². The van der Waals surface area contributed by atoms with Crippen molar-refractivity contribution in [1.82, 2.24) is 9.47 Å². The normalized spacial score (nSPS) is 23.4. The Morgan fingerprint density at radius 1 is 1.14 bits per heavy atom. The summed E-state index contributed by atoms with van der Waals surface area (Å²) in [7, 11) is 2.06. The van der Waals surface area contributed by atoms with Crippen LogP contribution >= 0.6 is 0 Å². The molecule has 0 unspecified atom stereocenters. The number of aromatic nitrogens is 1. The van der Waals surface area contributed by atoms with Crippen molar-refractivity contribution in [2.24, 2.45) is 0 Å². The van der Waals surface area contributed by atoms with E-state index in [1.165, 1.54) is 6.07 Å². The van der Waals surface area contributed by atoms with E-state index in [0.29, 0.717) is 47.7 Å². The fourth-order valence-corrected chi connectivity index (χ4v) is 4.26. The van der Waals surface area contributed by atoms with Gasteiger partial charge in [0.05, 0.1) is 35.7 Å². The lowest BCUT2D eigenvalue weighted by molar-refractivity contribution is -0.0452. The van der Waals surface area contributed by atoms with Crippen LogP contribution in [-0.2, 0) is 9.47 Å². The van der Waals surface area contributed by atoms with E-state index in [1.807, 2.05) is 16.4 Å². The number of benzene rings is 1. The Balaban J connectivity index is 1.73. The van der Waals surface area contributed by atoms with Gasteiger partial charge in [-0.1, -0.05) is 0 Å². The molecule has 150 valence electrons. The van der Waals surface area contributed by atoms with Crippen LogP contribution < -0.4 is 15.1 Å². The summed E-state index contributed by atoms with van der Waals surface area (Å²) in [5.41, 5.74) is 1.26. The van der Waals surface area contributed by atoms with Crippen LogP contribution in [0.1, 0.15) is 24.8 Å². The smallest absolute Gasteiger partial charge is 0.197 e. The number of hydrogen-bond acceptors (Lipinski definition) is 6. The molecule has 7 nitrogen and oxygen atoms in total. The number of anilines is 1. The van der Waals surface area contributed by atoms with Crippen molar-refractivity contribution >= 4 is 16.6 Å². The number of ether oxygens (including phenoxy) is 3. The van der Waals surface area contributed by atoms with E-state index >= 15 is 4.39 Å². The number of nitrogens with zero attached hydrogens (tertiary/aromatic N) is 3. The largest absolute Gasteiger partial charge is 0.487 e. The predicted octanol–water partition coefficient (Wildman–Crippen LogP) is 1.89. The molecule has 0 saturated carbocycles. The van der Waals surface area contributed by atoms with E-state index < -0.39 is 12.1 Å². The van der Waals surface area contributed by atoms with Crippen LogP contribution in [0.2, 0.25) is 0 Å². The summed E-state index contributed by atoms with van der Waals surface area (Å²) in [6.07, 6.45) is 1.10. The summed E-state index contributed by atoms with van der Waals surface area (Å²) < 4.78 is 34.3. The SMILES string of the molecule is C[C@H]1COc2c(N3CCN(C)CC3)c(F)cc3c(=O)c(C4OCCO4)cn1c23. The molecule has 0 bridgehead atoms. The molecule has 2 saturated heterocycles. The van der Waals surface area contributed by atoms with Crippen LogP contribution in [0.5, 0.6) is 5.75 Å². The van der Waals surface area contributed by atoms with Gasteiger partial charge < -0.3 is 28.6 Å². The fourth-order valence-electron chi connectivity index (χ4n) is 4.26. The summed E-state index contributed by atoms with van der Waals surface area (Å²) in [4.78, 5) is 17.4. The molecule has 28 heavy (non-hydrogen) atoms. The van der Waals surface area contributed by atoms with Crippen LogP contribution in [0.25, 0.3) is 10.9 Å². The average Bonchev–Trinajstić information content (AvgIpc) is 3.21. The molecule has 1 aromatic carbocycles. The fraction of sp³-hybridized carbons (Fsp3) is 0.550. The molecule has 0 amide bonds. The van der Waals surface area contributed by atoms with Crippen molar-refractivity contribution in [3.8, 4) is 5.75 Å². The molecule has 2 aromatic rings. The van der Waals surface area contributed by atoms with E-state index in [-0.39, 0.29) is 11.5 Å². The Morgan fingerprint density at radius 3 is 2.57 bits per heavy atom. The van der Waals surface area contributed by atoms with Gasteiger partial charge in [0.1, 0.15) is 12.3 Å². The van der Waals surface area contributed by atoms with Gasteiger partial charge >= 0.3 is 0 Å². The summed E-state index contributed by atoms with van der Waals surface area (Å²) >= 11 is 0. The second-order valence-corrected chi connectivity index (χ2v) is 7.78. The quantitative estimate of drug-likeness (QED) is 0.782. The number of rotatable bonds is 2. The van der Waals surface area contributed by atoms with Gasteiger partial charge in [-0.05, 0) is 20.0 Å². The van der Waals surface area contributed by atoms with E-state index in [2.05, 4.69) is 11.9 Å². The molecule has 0 radical (unpaired) electrons. The maximum atomic E-state index is 15.2. The third kappa shape index (κ3) is 2.70. The number of pyridine rings is 1. The lowest BCUT2D eigenvalue weighted by Gasteiger charge is -2.37. The van der Waals surface area contributed by atoms with Crippen LogP contribution in [-0.4, -0.2) is 62.5 Å². The van der Waals surface area contributed by atoms with Crippen molar-refractivity contribution in [1.29, 1.82) is 0 Å². The molecule has 1 atom stereocenters. The number of piperazine rings is 1. The molecule has 3 aliphatic heterocycles. The van der Waals surface area contributed by atoms with E-state index in [1.54, 1.807) is 6.20 Å². The van der Waals surface area contributed by atoms with E-state index in [0.717, 1.165) is 26.2 Å². The Morgan fingerprint density at radius 2 is 1.86 bits per heavy atom. The minimum Gasteiger partial charge on any atom is -0.487 e. The highest BCUT2D eigenvalue weighted by Gasteiger charge is 2.32. The molecule has 8 heteroatoms. The van der Waals surface area contributed by atoms with Gasteiger partial charge in [0.25, 0.3) is 0 Å². The first kappa shape index (κ1) is 17.9. The van der Waals surface area contributed by atoms with Gasteiger partial charge in [-0.2, -0.15) is 0 Å². The third-order valence-electron chi connectivity index (χ3n) is 5.86. The summed E-state index contributed by atoms with van der Waals surface area (Å²) in [5, 5.41) is 0.313. The molecule has 2 fully saturated rings. The van der Waals surface area contributed by atoms with Crippen LogP contribution in [0.15, 0.2) is 17.1 Å². The van der Waals surface area contributed by atoms with Gasteiger partial charge in [-0.3, -0.25) is 4.79 Å². The standard InChI is InChI=1S/C20H24FN3O4/c1-12-11-28-19-16-13(9-15(21)17(19)23-5-3-22(2)4-6-23)18(25)14(10-24(12)16)20-26-7-8-27-20/h9-10,12,20H,3-8,11H2,1-2H3/t12-/m0/s1. The third-order valence-corrected chi connectivity index (χ3v) is 5.86. The maximum absolute atomic E-state index is 15.2. The van der Waals surface area contributed by atoms with E-state index in [4.69, 9.17) is 14.2 Å². The van der Waals surface area contributed by atoms with Crippen LogP contribution in [0, 0.1) is 5.82 Å². The highest BCUT2D eigenvalue weighted by atomic mass is 19.1.